The molecule has 1 N–H and O–H groups in total. The predicted molar refractivity (Wildman–Crippen MR) is 163 cm³/mol. The van der Waals surface area contributed by atoms with E-state index in [1.54, 1.807) is 11.1 Å². The molecule has 9 nitrogen and oxygen atoms in total. The number of carbonyl (C=O) groups excluding carboxylic acids is 2. The van der Waals surface area contributed by atoms with Gasteiger partial charge in [-0.3, -0.25) is 9.48 Å². The van der Waals surface area contributed by atoms with Crippen LogP contribution in [0.25, 0.3) is 17.0 Å². The van der Waals surface area contributed by atoms with E-state index in [0.29, 0.717) is 42.8 Å². The molecule has 1 saturated heterocycles. The molecule has 1 amide bonds. The average molecular weight is 597 g/mol. The summed E-state index contributed by atoms with van der Waals surface area (Å²) in [5, 5.41) is 15.5. The van der Waals surface area contributed by atoms with Crippen molar-refractivity contribution in [2.75, 3.05) is 33.2 Å². The number of esters is 1. The van der Waals surface area contributed by atoms with Crippen molar-refractivity contribution < 1.29 is 28.6 Å². The van der Waals surface area contributed by atoms with E-state index in [1.807, 2.05) is 56.8 Å². The number of carbonyl (C=O) groups is 2. The van der Waals surface area contributed by atoms with Gasteiger partial charge in [0, 0.05) is 38.6 Å². The number of amides is 1. The van der Waals surface area contributed by atoms with E-state index in [0.717, 1.165) is 30.7 Å². The maximum absolute atomic E-state index is 15.1. The predicted octanol–water partition coefficient (Wildman–Crippen LogP) is 5.03. The Morgan fingerprint density at radius 2 is 1.88 bits per heavy atom. The van der Waals surface area contributed by atoms with E-state index in [1.165, 1.54) is 18.9 Å². The fourth-order valence-electron chi connectivity index (χ4n) is 5.90. The van der Waals surface area contributed by atoms with Crippen molar-refractivity contribution in [1.29, 1.82) is 0 Å². The number of halogens is 1. The second-order valence-electron chi connectivity index (χ2n) is 12.8. The number of hydrogen-bond acceptors (Lipinski definition) is 7. The van der Waals surface area contributed by atoms with Crippen LogP contribution in [0.4, 0.5) is 9.18 Å². The summed E-state index contributed by atoms with van der Waals surface area (Å²) in [6.07, 6.45) is 8.06. The molecular weight excluding hydrogens is 551 g/mol. The molecule has 5 rings (SSSR count). The van der Waals surface area contributed by atoms with Gasteiger partial charge in [0.25, 0.3) is 0 Å². The number of aliphatic hydroxyl groups is 1. The Morgan fingerprint density at radius 3 is 2.60 bits per heavy atom. The number of piperazine rings is 1. The van der Waals surface area contributed by atoms with Gasteiger partial charge >= 0.3 is 12.1 Å². The number of fused-ring (bicyclic) bond motifs is 1. The van der Waals surface area contributed by atoms with E-state index < -0.39 is 24.3 Å². The molecule has 2 fully saturated rings. The minimum Gasteiger partial charge on any atom is -0.457 e. The summed E-state index contributed by atoms with van der Waals surface area (Å²) in [7, 11) is 2.03. The first-order valence-electron chi connectivity index (χ1n) is 15.6. The van der Waals surface area contributed by atoms with Crippen LogP contribution < -0.4 is 0 Å². The Kier molecular flexibility index (Phi) is 9.86. The standard InChI is InChI=1S/C33H45FN4O5/c1-21-5-9-26(39)18-31(40)43-32(22(2)6-10-30(21)42-33(41)37-13-11-36(4)12-14-37)23(3)15-25-16-28(34)27-19-35-38(29(27)17-25)20-24-7-8-24/h6,10,15-17,19,21-22,24,26,30,32,39H,5,7-9,11-14,18,20H2,1-4H3/b10-6-,23-15+/t21-,22-,26+,30-,32-/m0/s1. The van der Waals surface area contributed by atoms with Crippen molar-refractivity contribution in [2.45, 2.75) is 77.7 Å². The van der Waals surface area contributed by atoms with Gasteiger partial charge in [-0.1, -0.05) is 26.0 Å². The van der Waals surface area contributed by atoms with E-state index in [9.17, 15) is 14.7 Å². The number of cyclic esters (lactones) is 1. The molecule has 1 aromatic heterocycles. The Balaban J connectivity index is 1.38. The summed E-state index contributed by atoms with van der Waals surface area (Å²) in [4.78, 5) is 29.8. The number of ether oxygens (including phenoxy) is 2. The highest BCUT2D eigenvalue weighted by Gasteiger charge is 2.29. The molecule has 10 heteroatoms. The number of benzene rings is 1. The third-order valence-corrected chi connectivity index (χ3v) is 8.96. The number of nitrogens with zero attached hydrogens (tertiary/aromatic N) is 4. The first kappa shape index (κ1) is 31.2. The molecule has 0 unspecified atom stereocenters. The molecule has 0 spiro atoms. The topological polar surface area (TPSA) is 97.1 Å². The minimum atomic E-state index is -0.865. The van der Waals surface area contributed by atoms with E-state index in [4.69, 9.17) is 9.47 Å². The quantitative estimate of drug-likeness (QED) is 0.382. The normalized spacial score (nSPS) is 29.1. The monoisotopic (exact) mass is 596 g/mol. The fourth-order valence-corrected chi connectivity index (χ4v) is 5.90. The van der Waals surface area contributed by atoms with Gasteiger partial charge in [-0.25, -0.2) is 9.18 Å². The molecule has 0 bridgehead atoms. The van der Waals surface area contributed by atoms with E-state index in [-0.39, 0.29) is 30.2 Å². The largest absolute Gasteiger partial charge is 0.457 e. The molecule has 3 aliphatic rings. The third-order valence-electron chi connectivity index (χ3n) is 8.96. The lowest BCUT2D eigenvalue weighted by atomic mass is 9.91. The van der Waals surface area contributed by atoms with Gasteiger partial charge in [0.05, 0.1) is 29.6 Å². The molecule has 1 aliphatic carbocycles. The number of hydrogen-bond donors (Lipinski definition) is 1. The first-order valence-corrected chi connectivity index (χ1v) is 15.6. The molecule has 2 aliphatic heterocycles. The highest BCUT2D eigenvalue weighted by atomic mass is 19.1. The van der Waals surface area contributed by atoms with Crippen LogP contribution in [0.1, 0.15) is 58.4 Å². The Hall–Kier alpha value is -3.24. The highest BCUT2D eigenvalue weighted by molar-refractivity contribution is 5.82. The van der Waals surface area contributed by atoms with Crippen molar-refractivity contribution in [1.82, 2.24) is 19.6 Å². The lowest BCUT2D eigenvalue weighted by Crippen LogP contribution is -2.48. The van der Waals surface area contributed by atoms with Crippen LogP contribution in [-0.2, 0) is 20.8 Å². The van der Waals surface area contributed by atoms with Gasteiger partial charge in [0.15, 0.2) is 0 Å². The van der Waals surface area contributed by atoms with Gasteiger partial charge in [-0.05, 0) is 80.8 Å². The maximum Gasteiger partial charge on any atom is 0.410 e. The summed E-state index contributed by atoms with van der Waals surface area (Å²) in [5.74, 6) is -0.568. The highest BCUT2D eigenvalue weighted by Crippen LogP contribution is 2.32. The van der Waals surface area contributed by atoms with Crippen molar-refractivity contribution in [3.63, 3.8) is 0 Å². The smallest absolute Gasteiger partial charge is 0.410 e. The number of aromatic nitrogens is 2. The SMILES string of the molecule is C/C(=C\c1cc(F)c2cnn(CC3CC3)c2c1)[C@H]1OC(=O)C[C@H](O)CC[C@H](C)[C@@H](OC(=O)N2CCN(C)CC2)/C=C\[C@@H]1C. The Bertz CT molecular complexity index is 1360. The van der Waals surface area contributed by atoms with Crippen LogP contribution in [0, 0.1) is 23.6 Å². The lowest BCUT2D eigenvalue weighted by molar-refractivity contribution is -0.151. The summed E-state index contributed by atoms with van der Waals surface area (Å²) in [6, 6.07) is 3.40. The van der Waals surface area contributed by atoms with Gasteiger partial charge in [0.1, 0.15) is 18.0 Å². The second-order valence-corrected chi connectivity index (χ2v) is 12.8. The van der Waals surface area contributed by atoms with Crippen molar-refractivity contribution >= 4 is 29.0 Å². The van der Waals surface area contributed by atoms with Crippen LogP contribution in [0.5, 0.6) is 0 Å². The summed E-state index contributed by atoms with van der Waals surface area (Å²) in [5.41, 5.74) is 2.14. The number of rotatable bonds is 5. The lowest BCUT2D eigenvalue weighted by Gasteiger charge is -2.33. The fraction of sp³-hybridized carbons (Fsp3) is 0.606. The van der Waals surface area contributed by atoms with Crippen molar-refractivity contribution in [3.05, 3.63) is 47.4 Å². The van der Waals surface area contributed by atoms with Gasteiger partial charge in [-0.15, -0.1) is 0 Å². The van der Waals surface area contributed by atoms with Crippen LogP contribution in [0.3, 0.4) is 0 Å². The molecule has 43 heavy (non-hydrogen) atoms. The molecule has 234 valence electrons. The van der Waals surface area contributed by atoms with Gasteiger partial charge in [0.2, 0.25) is 0 Å². The number of aliphatic hydroxyl groups excluding tert-OH is 1. The summed E-state index contributed by atoms with van der Waals surface area (Å²) >= 11 is 0. The van der Waals surface area contributed by atoms with E-state index in [2.05, 4.69) is 10.00 Å². The zero-order valence-corrected chi connectivity index (χ0v) is 25.7. The maximum atomic E-state index is 15.1. The van der Waals surface area contributed by atoms with Crippen LogP contribution in [0.15, 0.2) is 36.1 Å². The molecule has 1 saturated carbocycles. The molecule has 2 aromatic rings. The van der Waals surface area contributed by atoms with Crippen LogP contribution in [0.2, 0.25) is 0 Å². The zero-order chi connectivity index (χ0) is 30.7. The molecule has 3 heterocycles. The molecular formula is C33H45FN4O5. The first-order chi connectivity index (χ1) is 20.6. The van der Waals surface area contributed by atoms with Gasteiger partial charge in [-0.2, -0.15) is 5.10 Å². The molecule has 5 atom stereocenters. The summed E-state index contributed by atoms with van der Waals surface area (Å²) < 4.78 is 28.9. The van der Waals surface area contributed by atoms with Crippen LogP contribution >= 0.6 is 0 Å². The zero-order valence-electron chi connectivity index (χ0n) is 25.7. The molecule has 0 radical (unpaired) electrons. The Labute approximate surface area is 253 Å². The number of likely N-dealkylation sites (N-methyl/N-ethyl adjacent to an activating group) is 1. The van der Waals surface area contributed by atoms with Crippen LogP contribution in [-0.4, -0.2) is 88.3 Å². The third kappa shape index (κ3) is 8.03. The summed E-state index contributed by atoms with van der Waals surface area (Å²) in [6.45, 7) is 9.40. The second kappa shape index (κ2) is 13.6. The van der Waals surface area contributed by atoms with Crippen molar-refractivity contribution in [3.8, 4) is 0 Å². The Morgan fingerprint density at radius 1 is 1.14 bits per heavy atom. The average Bonchev–Trinajstić information content (AvgIpc) is 3.70. The van der Waals surface area contributed by atoms with Crippen molar-refractivity contribution in [2.24, 2.45) is 17.8 Å². The molecule has 1 aromatic carbocycles. The van der Waals surface area contributed by atoms with E-state index >= 15 is 4.39 Å². The minimum absolute atomic E-state index is 0.0600. The van der Waals surface area contributed by atoms with Gasteiger partial charge < -0.3 is 24.4 Å².